The van der Waals surface area contributed by atoms with E-state index in [1.165, 1.54) is 18.4 Å². The number of methoxy groups -OCH3 is 1. The molecule has 0 radical (unpaired) electrons. The summed E-state index contributed by atoms with van der Waals surface area (Å²) in [6, 6.07) is 0. The summed E-state index contributed by atoms with van der Waals surface area (Å²) in [6.07, 6.45) is 4.89. The molecule has 1 saturated carbocycles. The Bertz CT molecular complexity index is 939. The minimum absolute atomic E-state index is 0.258. The number of nitrogens with one attached hydrogen (secondary N) is 2. The van der Waals surface area contributed by atoms with Crippen LogP contribution >= 0.6 is 11.3 Å². The van der Waals surface area contributed by atoms with Gasteiger partial charge in [0.2, 0.25) is 17.7 Å². The largest absolute Gasteiger partial charge is 0.465 e. The van der Waals surface area contributed by atoms with E-state index in [4.69, 9.17) is 4.74 Å². The third-order valence-electron chi connectivity index (χ3n) is 7.00. The molecule has 1 saturated heterocycles. The van der Waals surface area contributed by atoms with Crippen molar-refractivity contribution in [1.29, 1.82) is 0 Å². The van der Waals surface area contributed by atoms with Crippen molar-refractivity contribution in [2.75, 3.05) is 12.4 Å². The third kappa shape index (κ3) is 3.16. The number of piperidine rings is 1. The predicted molar refractivity (Wildman–Crippen MR) is 112 cm³/mol. The number of aryl methyl sites for hydroxylation is 1. The molecule has 0 spiro atoms. The van der Waals surface area contributed by atoms with Crippen LogP contribution in [0.15, 0.2) is 0 Å². The minimum atomic E-state index is -0.910. The third-order valence-corrected chi connectivity index (χ3v) is 8.21. The van der Waals surface area contributed by atoms with E-state index >= 15 is 0 Å². The maximum Gasteiger partial charge on any atom is 0.341 e. The van der Waals surface area contributed by atoms with Crippen molar-refractivity contribution < 1.29 is 23.9 Å². The normalized spacial score (nSPS) is 32.8. The molecule has 1 aromatic rings. The monoisotopic (exact) mass is 432 g/mol. The van der Waals surface area contributed by atoms with Crippen LogP contribution in [0.5, 0.6) is 0 Å². The summed E-state index contributed by atoms with van der Waals surface area (Å²) in [6.45, 7) is 5.46. The second kappa shape index (κ2) is 6.90. The van der Waals surface area contributed by atoms with E-state index < -0.39 is 22.2 Å². The van der Waals surface area contributed by atoms with Gasteiger partial charge in [-0.05, 0) is 50.5 Å². The quantitative estimate of drug-likeness (QED) is 0.564. The van der Waals surface area contributed by atoms with Crippen LogP contribution in [0, 0.1) is 16.2 Å². The zero-order chi connectivity index (χ0) is 21.9. The Morgan fingerprint density at radius 1 is 1.00 bits per heavy atom. The van der Waals surface area contributed by atoms with Gasteiger partial charge in [0.05, 0.1) is 12.7 Å². The maximum atomic E-state index is 13.5. The molecule has 8 heteroatoms. The van der Waals surface area contributed by atoms with Crippen LogP contribution in [0.1, 0.15) is 73.7 Å². The number of carbonyl (C=O) groups excluding carboxylic acids is 4. The van der Waals surface area contributed by atoms with Gasteiger partial charge in [0.25, 0.3) is 0 Å². The summed E-state index contributed by atoms with van der Waals surface area (Å²) in [5.41, 5.74) is -1.05. The van der Waals surface area contributed by atoms with Gasteiger partial charge in [-0.3, -0.25) is 19.7 Å². The Morgan fingerprint density at radius 2 is 1.60 bits per heavy atom. The van der Waals surface area contributed by atoms with Crippen LogP contribution in [0.2, 0.25) is 0 Å². The van der Waals surface area contributed by atoms with Gasteiger partial charge < -0.3 is 10.1 Å². The van der Waals surface area contributed by atoms with Crippen LogP contribution in [0.25, 0.3) is 0 Å². The highest BCUT2D eigenvalue weighted by Gasteiger charge is 2.60. The molecule has 1 aromatic heterocycles. The SMILES string of the molecule is COC(=O)c1c(NC(=O)C2(C)CC3(C)CC(C)(C2)C(=O)NC3=O)sc2c1CCCC2. The number of imide groups is 1. The highest BCUT2D eigenvalue weighted by molar-refractivity contribution is 7.17. The van der Waals surface area contributed by atoms with Crippen LogP contribution < -0.4 is 10.6 Å². The van der Waals surface area contributed by atoms with Gasteiger partial charge in [-0.1, -0.05) is 20.8 Å². The number of anilines is 1. The van der Waals surface area contributed by atoms with E-state index in [-0.39, 0.29) is 17.7 Å². The molecule has 7 nitrogen and oxygen atoms in total. The number of fused-ring (bicyclic) bond motifs is 3. The zero-order valence-corrected chi connectivity index (χ0v) is 18.7. The van der Waals surface area contributed by atoms with E-state index in [1.54, 1.807) is 0 Å². The molecule has 2 atom stereocenters. The van der Waals surface area contributed by atoms with Crippen LogP contribution in [0.3, 0.4) is 0 Å². The van der Waals surface area contributed by atoms with Crippen molar-refractivity contribution >= 4 is 40.0 Å². The molecule has 3 amide bonds. The van der Waals surface area contributed by atoms with E-state index in [0.717, 1.165) is 36.1 Å². The molecule has 3 aliphatic rings. The first-order valence-corrected chi connectivity index (χ1v) is 11.2. The van der Waals surface area contributed by atoms with Gasteiger partial charge in [-0.15, -0.1) is 11.3 Å². The summed E-state index contributed by atoms with van der Waals surface area (Å²) in [5.74, 6) is -1.33. The van der Waals surface area contributed by atoms with E-state index in [1.807, 2.05) is 20.8 Å². The van der Waals surface area contributed by atoms with Gasteiger partial charge in [-0.2, -0.15) is 0 Å². The molecule has 2 N–H and O–H groups in total. The van der Waals surface area contributed by atoms with Gasteiger partial charge >= 0.3 is 5.97 Å². The van der Waals surface area contributed by atoms with Crippen molar-refractivity contribution in [3.8, 4) is 0 Å². The summed E-state index contributed by atoms with van der Waals surface area (Å²) < 4.78 is 4.99. The second-order valence-electron chi connectivity index (χ2n) is 9.86. The fraction of sp³-hybridized carbons (Fsp3) is 0.636. The average Bonchev–Trinajstić information content (AvgIpc) is 3.03. The van der Waals surface area contributed by atoms with Gasteiger partial charge in [0.15, 0.2) is 0 Å². The Morgan fingerprint density at radius 3 is 2.20 bits per heavy atom. The van der Waals surface area contributed by atoms with Gasteiger partial charge in [0, 0.05) is 21.1 Å². The number of hydrogen-bond donors (Lipinski definition) is 2. The zero-order valence-electron chi connectivity index (χ0n) is 17.9. The molecule has 2 fully saturated rings. The first kappa shape index (κ1) is 21.0. The van der Waals surface area contributed by atoms with Gasteiger partial charge in [-0.25, -0.2) is 4.79 Å². The summed E-state index contributed by atoms with van der Waals surface area (Å²) in [7, 11) is 1.34. The Hall–Kier alpha value is -2.22. The predicted octanol–water partition coefficient (Wildman–Crippen LogP) is 3.21. The molecule has 2 heterocycles. The molecule has 0 aromatic carbocycles. The Labute approximate surface area is 179 Å². The average molecular weight is 433 g/mol. The van der Waals surface area contributed by atoms with Gasteiger partial charge in [0.1, 0.15) is 5.00 Å². The molecule has 4 rings (SSSR count). The number of amides is 3. The summed E-state index contributed by atoms with van der Waals surface area (Å²) >= 11 is 1.44. The van der Waals surface area contributed by atoms with Crippen LogP contribution in [0.4, 0.5) is 5.00 Å². The number of carbonyl (C=O) groups is 4. The molecular weight excluding hydrogens is 404 g/mol. The second-order valence-corrected chi connectivity index (χ2v) is 11.0. The number of hydrogen-bond acceptors (Lipinski definition) is 6. The molecule has 2 unspecified atom stereocenters. The lowest BCUT2D eigenvalue weighted by molar-refractivity contribution is -0.163. The fourth-order valence-corrected chi connectivity index (χ4v) is 7.16. The van der Waals surface area contributed by atoms with Crippen molar-refractivity contribution in [2.24, 2.45) is 16.2 Å². The summed E-state index contributed by atoms with van der Waals surface area (Å²) in [5, 5.41) is 5.98. The van der Waals surface area contributed by atoms with Crippen LogP contribution in [-0.4, -0.2) is 30.8 Å². The Kier molecular flexibility index (Phi) is 4.84. The molecule has 30 heavy (non-hydrogen) atoms. The smallest absolute Gasteiger partial charge is 0.341 e. The van der Waals surface area contributed by atoms with E-state index in [0.29, 0.717) is 29.8 Å². The van der Waals surface area contributed by atoms with Crippen molar-refractivity contribution in [3.05, 3.63) is 16.0 Å². The number of esters is 1. The molecule has 2 bridgehead atoms. The maximum absolute atomic E-state index is 13.5. The summed E-state index contributed by atoms with van der Waals surface area (Å²) in [4.78, 5) is 52.2. The highest BCUT2D eigenvalue weighted by atomic mass is 32.1. The van der Waals surface area contributed by atoms with E-state index in [9.17, 15) is 19.2 Å². The molecule has 1 aliphatic heterocycles. The minimum Gasteiger partial charge on any atom is -0.465 e. The lowest BCUT2D eigenvalue weighted by atomic mass is 9.52. The first-order chi connectivity index (χ1) is 14.0. The lowest BCUT2D eigenvalue weighted by Crippen LogP contribution is -2.63. The van der Waals surface area contributed by atoms with Crippen LogP contribution in [-0.2, 0) is 32.0 Å². The van der Waals surface area contributed by atoms with Crippen molar-refractivity contribution in [2.45, 2.75) is 65.7 Å². The fourth-order valence-electron chi connectivity index (χ4n) is 5.88. The first-order valence-electron chi connectivity index (χ1n) is 10.4. The number of ether oxygens (including phenoxy) is 1. The molecule has 2 aliphatic carbocycles. The van der Waals surface area contributed by atoms with Crippen molar-refractivity contribution in [1.82, 2.24) is 5.32 Å². The Balaban J connectivity index is 1.67. The molecule has 162 valence electrons. The molecular formula is C22H28N2O5S. The topological polar surface area (TPSA) is 102 Å². The standard InChI is InChI=1S/C22H28N2O5S/c1-20(9-21(2)11-22(3,10-20)19(28)24-18(21)27)17(26)23-15-14(16(25)29-4)12-7-5-6-8-13(12)30-15/h5-11H2,1-4H3,(H,23,26)(H,24,27,28). The highest BCUT2D eigenvalue weighted by Crippen LogP contribution is 2.57. The lowest BCUT2D eigenvalue weighted by Gasteiger charge is -2.53. The van der Waals surface area contributed by atoms with Crippen molar-refractivity contribution in [3.63, 3.8) is 0 Å². The van der Waals surface area contributed by atoms with E-state index in [2.05, 4.69) is 10.6 Å². The number of thiophene rings is 1. The number of rotatable bonds is 3.